The first kappa shape index (κ1) is 63.5. The van der Waals surface area contributed by atoms with E-state index < -0.39 is 102 Å². The predicted octanol–water partition coefficient (Wildman–Crippen LogP) is 5.73. The number of aliphatic hydroxyl groups is 5. The Morgan fingerprint density at radius 2 is 1.64 bits per heavy atom. The zero-order valence-corrected chi connectivity index (χ0v) is 50.0. The van der Waals surface area contributed by atoms with Gasteiger partial charge >= 0.3 is 5.97 Å². The number of ether oxygens (including phenoxy) is 7. The summed E-state index contributed by atoms with van der Waals surface area (Å²) in [6, 6.07) is 16.4. The zero-order valence-electron chi connectivity index (χ0n) is 49.2. The molecule has 4 aromatic rings. The molecule has 21 heteroatoms. The van der Waals surface area contributed by atoms with Gasteiger partial charge in [0.1, 0.15) is 54.1 Å². The van der Waals surface area contributed by atoms with E-state index in [2.05, 4.69) is 24.8 Å². The van der Waals surface area contributed by atoms with Gasteiger partial charge in [-0.25, -0.2) is 4.68 Å². The quantitative estimate of drug-likeness (QED) is 0.0747. The van der Waals surface area contributed by atoms with E-state index in [-0.39, 0.29) is 43.9 Å². The van der Waals surface area contributed by atoms with Crippen LogP contribution in [-0.2, 0) is 46.2 Å². The van der Waals surface area contributed by atoms with Crippen LogP contribution in [0.3, 0.4) is 0 Å². The molecule has 3 aliphatic rings. The molecule has 3 aliphatic heterocycles. The molecule has 80 heavy (non-hydrogen) atoms. The first-order chi connectivity index (χ1) is 37.9. The van der Waals surface area contributed by atoms with Crippen LogP contribution in [0.1, 0.15) is 112 Å². The molecular formula is C59H91N7O13S. The monoisotopic (exact) mass is 1140 g/mol. The smallest absolute Gasteiger partial charge is 0.309 e. The Hall–Kier alpha value is -4.07. The Morgan fingerprint density at radius 3 is 2.30 bits per heavy atom. The van der Waals surface area contributed by atoms with Crippen molar-refractivity contribution in [3.8, 4) is 17.0 Å². The molecule has 2 aromatic carbocycles. The summed E-state index contributed by atoms with van der Waals surface area (Å²) < 4.78 is 50.7. The topological polar surface area (TPSA) is 246 Å². The minimum Gasteiger partial charge on any atom is -0.491 e. The molecule has 3 saturated heterocycles. The lowest BCUT2D eigenvalue weighted by molar-refractivity contribution is -0.302. The summed E-state index contributed by atoms with van der Waals surface area (Å²) in [4.78, 5) is 18.7. The van der Waals surface area contributed by atoms with Crippen molar-refractivity contribution in [3.05, 3.63) is 77.4 Å². The van der Waals surface area contributed by atoms with E-state index in [0.29, 0.717) is 44.9 Å². The van der Waals surface area contributed by atoms with E-state index in [9.17, 15) is 30.3 Å². The lowest BCUT2D eigenvalue weighted by atomic mass is 9.68. The standard InChI is InChI=1S/C59H91N7O13S/c1-14-49-59(10,72)52(68)39(6)65(12)29-35(2)27-57(8,71)54(37(4)50(38(5)55(70)78-49)48-28-58(9,73-13)53(69)40(7)77-48)79-56-51(67)47(26-36(3)76-56)64(11)25-24-43-30-66(62-60-43)44(32-74-31-41-18-16-15-17-19-41)33-75-45-22-20-42(21-23-45)46-34-80-63-61-46/h15-23,30,34-40,44,47-54,56,67-69,71-72H,14,24-29,31-33H2,1-13H3/t35-,36-,37+,38-,39-,40+,44-,47+,48-,49-,50?,51-,52-,53+,54-,56+,57-,58-,59-/m1/s1. The maximum atomic E-state index is 14.7. The fraction of sp³-hybridized carbons (Fsp3) is 0.712. The molecule has 20 nitrogen and oxygen atoms in total. The molecule has 0 bridgehead atoms. The Morgan fingerprint density at radius 1 is 0.925 bits per heavy atom. The summed E-state index contributed by atoms with van der Waals surface area (Å²) in [5.74, 6) is -2.52. The first-order valence-electron chi connectivity index (χ1n) is 28.5. The van der Waals surface area contributed by atoms with Gasteiger partial charge in [-0.15, -0.1) is 10.2 Å². The number of nitrogens with zero attached hydrogens (tertiary/aromatic N) is 7. The highest BCUT2D eigenvalue weighted by molar-refractivity contribution is 7.03. The van der Waals surface area contributed by atoms with Crippen molar-refractivity contribution < 1.29 is 63.5 Å². The summed E-state index contributed by atoms with van der Waals surface area (Å²) in [5, 5.41) is 75.7. The van der Waals surface area contributed by atoms with Crippen molar-refractivity contribution >= 4 is 17.5 Å². The highest BCUT2D eigenvalue weighted by Crippen LogP contribution is 2.45. The normalized spacial score (nSPS) is 36.7. The maximum absolute atomic E-state index is 14.7. The van der Waals surface area contributed by atoms with E-state index in [1.165, 1.54) is 25.6 Å². The van der Waals surface area contributed by atoms with Gasteiger partial charge < -0.3 is 68.5 Å². The van der Waals surface area contributed by atoms with Crippen molar-refractivity contribution in [3.63, 3.8) is 0 Å². The fourth-order valence-corrected chi connectivity index (χ4v) is 13.0. The second-order valence-electron chi connectivity index (χ2n) is 24.0. The van der Waals surface area contributed by atoms with Gasteiger partial charge in [-0.2, -0.15) is 0 Å². The first-order valence-corrected chi connectivity index (χ1v) is 29.3. The maximum Gasteiger partial charge on any atom is 0.309 e. The lowest BCUT2D eigenvalue weighted by Gasteiger charge is -2.51. The number of esters is 1. The van der Waals surface area contributed by atoms with E-state index >= 15 is 0 Å². The highest BCUT2D eigenvalue weighted by atomic mass is 32.1. The molecule has 0 radical (unpaired) electrons. The molecular weight excluding hydrogens is 1050 g/mol. The van der Waals surface area contributed by atoms with Crippen molar-refractivity contribution in [1.82, 2.24) is 34.4 Å². The molecule has 1 unspecified atom stereocenters. The van der Waals surface area contributed by atoms with Crippen molar-refractivity contribution in [1.29, 1.82) is 0 Å². The molecule has 0 aliphatic carbocycles. The van der Waals surface area contributed by atoms with Crippen LogP contribution in [0.15, 0.2) is 66.2 Å². The molecule has 446 valence electrons. The molecule has 2 aromatic heterocycles. The van der Waals surface area contributed by atoms with Crippen molar-refractivity contribution in [2.75, 3.05) is 47.5 Å². The van der Waals surface area contributed by atoms with Gasteiger partial charge in [0.2, 0.25) is 0 Å². The zero-order chi connectivity index (χ0) is 58.3. The number of carbonyl (C=O) groups excluding carboxylic acids is 1. The van der Waals surface area contributed by atoms with E-state index in [0.717, 1.165) is 22.5 Å². The average molecular weight is 1140 g/mol. The highest BCUT2D eigenvalue weighted by Gasteiger charge is 2.55. The molecule has 7 rings (SSSR count). The van der Waals surface area contributed by atoms with Crippen LogP contribution in [0.5, 0.6) is 5.75 Å². The fourth-order valence-electron chi connectivity index (χ4n) is 12.6. The summed E-state index contributed by atoms with van der Waals surface area (Å²) >= 11 is 1.30. The SMILES string of the molecule is CC[C@H]1OC(=O)[C@H](C)C([C@H]2C[C@@](C)(OC)[C@@H](O)[C@H](C)O2)[C@H](C)[C@@H](O[C@@H]2O[C@H](C)C[C@H](N(C)CCc3cn([C@H](COCc4ccccc4)COc4ccc(-c5csnn5)cc4)nn3)[C@H]2O)[C@](C)(O)C[C@@H](C)CN(C)[C@H](C)[C@@H](O)[C@]1(C)O. The van der Waals surface area contributed by atoms with Crippen molar-refractivity contribution in [2.24, 2.45) is 23.7 Å². The number of aromatic nitrogens is 5. The average Bonchev–Trinajstić information content (AvgIpc) is 4.15. The third kappa shape index (κ3) is 15.2. The van der Waals surface area contributed by atoms with Gasteiger partial charge in [0.15, 0.2) is 6.29 Å². The predicted molar refractivity (Wildman–Crippen MR) is 301 cm³/mol. The Labute approximate surface area is 477 Å². The number of hydrogen-bond acceptors (Lipinski definition) is 20. The lowest BCUT2D eigenvalue weighted by Crippen LogP contribution is -2.62. The molecule has 3 fully saturated rings. The number of carbonyl (C=O) groups is 1. The van der Waals surface area contributed by atoms with Crippen LogP contribution >= 0.6 is 11.5 Å². The van der Waals surface area contributed by atoms with Gasteiger partial charge in [-0.05, 0) is 128 Å². The summed E-state index contributed by atoms with van der Waals surface area (Å²) in [6.45, 7) is 19.9. The molecule has 19 atom stereocenters. The van der Waals surface area contributed by atoms with Crippen LogP contribution in [0.25, 0.3) is 11.3 Å². The van der Waals surface area contributed by atoms with Crippen LogP contribution in [0.4, 0.5) is 0 Å². The second-order valence-corrected chi connectivity index (χ2v) is 24.6. The Bertz CT molecular complexity index is 2510. The minimum absolute atomic E-state index is 0.182. The van der Waals surface area contributed by atoms with Gasteiger partial charge in [-0.3, -0.25) is 4.79 Å². The molecule has 0 amide bonds. The molecule has 0 spiro atoms. The largest absolute Gasteiger partial charge is 0.491 e. The van der Waals surface area contributed by atoms with Gasteiger partial charge in [-0.1, -0.05) is 67.7 Å². The number of hydrogen-bond donors (Lipinski definition) is 5. The summed E-state index contributed by atoms with van der Waals surface area (Å²) in [6.07, 6.45) is -5.15. The van der Waals surface area contributed by atoms with E-state index in [1.54, 1.807) is 32.4 Å². The van der Waals surface area contributed by atoms with Gasteiger partial charge in [0, 0.05) is 68.2 Å². The van der Waals surface area contributed by atoms with Crippen LogP contribution in [0, 0.1) is 23.7 Å². The number of likely N-dealkylation sites (N-methyl/N-ethyl adjacent to an activating group) is 2. The van der Waals surface area contributed by atoms with Crippen molar-refractivity contribution in [2.45, 2.75) is 198 Å². The van der Waals surface area contributed by atoms with Crippen LogP contribution in [0.2, 0.25) is 0 Å². The van der Waals surface area contributed by atoms with Gasteiger partial charge in [0.25, 0.3) is 0 Å². The van der Waals surface area contributed by atoms with Crippen LogP contribution in [-0.4, -0.2) is 197 Å². The van der Waals surface area contributed by atoms with E-state index in [1.807, 2.05) is 120 Å². The number of cyclic esters (lactones) is 1. The third-order valence-corrected chi connectivity index (χ3v) is 18.0. The summed E-state index contributed by atoms with van der Waals surface area (Å²) in [5.41, 5.74) is -0.965. The van der Waals surface area contributed by atoms with E-state index in [4.69, 9.17) is 33.2 Å². The van der Waals surface area contributed by atoms with Crippen LogP contribution < -0.4 is 4.74 Å². The molecule has 5 heterocycles. The third-order valence-electron chi connectivity index (χ3n) is 17.5. The summed E-state index contributed by atoms with van der Waals surface area (Å²) in [7, 11) is 5.34. The second kappa shape index (κ2) is 27.5. The number of benzene rings is 2. The molecule has 5 N–H and O–H groups in total. The minimum atomic E-state index is -1.83. The molecule has 0 saturated carbocycles. The Balaban J connectivity index is 1.12. The number of methoxy groups -OCH3 is 1. The number of rotatable bonds is 18. The Kier molecular flexibility index (Phi) is 21.9. The number of aliphatic hydroxyl groups excluding tert-OH is 3. The van der Waals surface area contributed by atoms with Gasteiger partial charge in [0.05, 0.1) is 60.4 Å².